The van der Waals surface area contributed by atoms with Crippen LogP contribution < -0.4 is 30.4 Å². The molecule has 2 rings (SSSR count). The van der Waals surface area contributed by atoms with E-state index in [-0.39, 0.29) is 18.3 Å². The fraction of sp³-hybridized carbons (Fsp3) is 0.211. The molecule has 0 atom stereocenters. The Labute approximate surface area is 168 Å². The Morgan fingerprint density at radius 2 is 1.54 bits per heavy atom. The number of para-hydroxylation sites is 2. The summed E-state index contributed by atoms with van der Waals surface area (Å²) in [7, 11) is 1.51. The Balaban J connectivity index is 1.66. The van der Waals surface area contributed by atoms with Gasteiger partial charge in [0.2, 0.25) is 0 Å². The van der Waals surface area contributed by atoms with Crippen LogP contribution in [-0.4, -0.2) is 37.3 Å². The van der Waals surface area contributed by atoms with Crippen LogP contribution >= 0.6 is 12.2 Å². The molecule has 0 saturated heterocycles. The zero-order valence-electron chi connectivity index (χ0n) is 15.5. The van der Waals surface area contributed by atoms with Crippen LogP contribution in [0.5, 0.6) is 17.2 Å². The second kappa shape index (κ2) is 10.7. The van der Waals surface area contributed by atoms with Crippen LogP contribution in [0.15, 0.2) is 48.5 Å². The maximum absolute atomic E-state index is 11.8. The number of ether oxygens (including phenoxy) is 3. The summed E-state index contributed by atoms with van der Waals surface area (Å²) in [5, 5.41) is 2.32. The van der Waals surface area contributed by atoms with Gasteiger partial charge in [-0.1, -0.05) is 29.8 Å². The first-order valence-corrected chi connectivity index (χ1v) is 8.72. The van der Waals surface area contributed by atoms with Crippen LogP contribution in [0.2, 0.25) is 0 Å². The quantitative estimate of drug-likeness (QED) is 0.476. The van der Waals surface area contributed by atoms with Gasteiger partial charge in [0, 0.05) is 0 Å². The third kappa shape index (κ3) is 7.12. The minimum atomic E-state index is -0.488. The lowest BCUT2D eigenvalue weighted by atomic mass is 10.2. The molecule has 0 radical (unpaired) electrons. The van der Waals surface area contributed by atoms with Crippen LogP contribution in [-0.2, 0) is 9.59 Å². The standard InChI is InChI=1S/C19H21N3O5S/c1-13-7-9-14(10-8-13)26-11-17(23)20-19(28)22-21-18(24)12-27-16-6-4-3-5-15(16)25-2/h3-10H,11-12H2,1-2H3,(H,21,24)(H2,20,22,23,28). The minimum absolute atomic E-state index is 0.0665. The van der Waals surface area contributed by atoms with E-state index in [1.165, 1.54) is 7.11 Å². The van der Waals surface area contributed by atoms with Crippen molar-refractivity contribution in [3.63, 3.8) is 0 Å². The van der Waals surface area contributed by atoms with E-state index in [9.17, 15) is 9.59 Å². The van der Waals surface area contributed by atoms with Gasteiger partial charge < -0.3 is 14.2 Å². The molecule has 28 heavy (non-hydrogen) atoms. The lowest BCUT2D eigenvalue weighted by molar-refractivity contribution is -0.124. The number of hydrogen-bond donors (Lipinski definition) is 3. The number of methoxy groups -OCH3 is 1. The first-order chi connectivity index (χ1) is 13.5. The Bertz CT molecular complexity index is 827. The van der Waals surface area contributed by atoms with Gasteiger partial charge in [0.05, 0.1) is 7.11 Å². The molecule has 0 aliphatic heterocycles. The summed E-state index contributed by atoms with van der Waals surface area (Å²) >= 11 is 4.94. The Morgan fingerprint density at radius 1 is 0.893 bits per heavy atom. The SMILES string of the molecule is COc1ccccc1OCC(=O)NNC(=S)NC(=O)COc1ccc(C)cc1. The van der Waals surface area contributed by atoms with E-state index in [4.69, 9.17) is 26.4 Å². The van der Waals surface area contributed by atoms with Gasteiger partial charge in [-0.3, -0.25) is 25.8 Å². The predicted molar refractivity (Wildman–Crippen MR) is 107 cm³/mol. The fourth-order valence-electron chi connectivity index (χ4n) is 2.02. The molecule has 0 heterocycles. The normalized spacial score (nSPS) is 9.79. The van der Waals surface area contributed by atoms with Crippen molar-refractivity contribution in [3.8, 4) is 17.2 Å². The van der Waals surface area contributed by atoms with E-state index >= 15 is 0 Å². The van der Waals surface area contributed by atoms with E-state index in [1.54, 1.807) is 36.4 Å². The molecule has 0 bridgehead atoms. The van der Waals surface area contributed by atoms with Crippen molar-refractivity contribution in [1.82, 2.24) is 16.2 Å². The summed E-state index contributed by atoms with van der Waals surface area (Å²) in [5.74, 6) is 0.571. The molecule has 2 aromatic rings. The van der Waals surface area contributed by atoms with Crippen molar-refractivity contribution >= 4 is 29.1 Å². The molecule has 0 aliphatic rings. The summed E-state index contributed by atoms with van der Waals surface area (Å²) in [5.41, 5.74) is 5.83. The average Bonchev–Trinajstić information content (AvgIpc) is 2.70. The minimum Gasteiger partial charge on any atom is -0.493 e. The summed E-state index contributed by atoms with van der Waals surface area (Å²) < 4.78 is 15.8. The van der Waals surface area contributed by atoms with Crippen LogP contribution in [0.4, 0.5) is 0 Å². The maximum Gasteiger partial charge on any atom is 0.276 e. The van der Waals surface area contributed by atoms with Crippen molar-refractivity contribution in [2.45, 2.75) is 6.92 Å². The first-order valence-electron chi connectivity index (χ1n) is 8.32. The summed E-state index contributed by atoms with van der Waals surface area (Å²) in [6, 6.07) is 14.2. The number of hydrogen-bond acceptors (Lipinski definition) is 6. The molecule has 0 fully saturated rings. The third-order valence-electron chi connectivity index (χ3n) is 3.39. The molecule has 0 aliphatic carbocycles. The summed E-state index contributed by atoms with van der Waals surface area (Å²) in [6.07, 6.45) is 0. The topological polar surface area (TPSA) is 97.9 Å². The Hall–Kier alpha value is -3.33. The highest BCUT2D eigenvalue weighted by molar-refractivity contribution is 7.80. The van der Waals surface area contributed by atoms with E-state index in [1.807, 2.05) is 19.1 Å². The molecule has 3 N–H and O–H groups in total. The molecule has 0 aromatic heterocycles. The lowest BCUT2D eigenvalue weighted by Gasteiger charge is -2.13. The highest BCUT2D eigenvalue weighted by Gasteiger charge is 2.09. The average molecular weight is 403 g/mol. The van der Waals surface area contributed by atoms with Crippen molar-refractivity contribution < 1.29 is 23.8 Å². The molecule has 0 unspecified atom stereocenters. The number of amides is 2. The fourth-order valence-corrected chi connectivity index (χ4v) is 2.19. The molecule has 2 amide bonds. The van der Waals surface area contributed by atoms with Gasteiger partial charge in [-0.15, -0.1) is 0 Å². The number of rotatable bonds is 7. The smallest absolute Gasteiger partial charge is 0.276 e. The molecule has 0 saturated carbocycles. The Kier molecular flexibility index (Phi) is 8.04. The zero-order valence-corrected chi connectivity index (χ0v) is 16.3. The van der Waals surface area contributed by atoms with E-state index in [2.05, 4.69) is 16.2 Å². The number of aryl methyl sites for hydroxylation is 1. The molecular weight excluding hydrogens is 382 g/mol. The summed E-state index contributed by atoms with van der Waals surface area (Å²) in [4.78, 5) is 23.6. The number of nitrogens with one attached hydrogen (secondary N) is 3. The number of carbonyl (C=O) groups is 2. The van der Waals surface area contributed by atoms with Gasteiger partial charge in [0.25, 0.3) is 11.8 Å². The van der Waals surface area contributed by atoms with Gasteiger partial charge in [-0.25, -0.2) is 0 Å². The van der Waals surface area contributed by atoms with Crippen molar-refractivity contribution in [3.05, 3.63) is 54.1 Å². The third-order valence-corrected chi connectivity index (χ3v) is 3.59. The van der Waals surface area contributed by atoms with Gasteiger partial charge >= 0.3 is 0 Å². The molecule has 9 heteroatoms. The number of thiocarbonyl (C=S) groups is 1. The highest BCUT2D eigenvalue weighted by atomic mass is 32.1. The predicted octanol–water partition coefficient (Wildman–Crippen LogP) is 1.48. The molecule has 148 valence electrons. The number of carbonyl (C=O) groups excluding carboxylic acids is 2. The van der Waals surface area contributed by atoms with Crippen molar-refractivity contribution in [2.75, 3.05) is 20.3 Å². The van der Waals surface area contributed by atoms with Crippen LogP contribution in [0.1, 0.15) is 5.56 Å². The van der Waals surface area contributed by atoms with Gasteiger partial charge in [-0.05, 0) is 43.4 Å². The molecular formula is C19H21N3O5S. The molecule has 0 spiro atoms. The van der Waals surface area contributed by atoms with Crippen LogP contribution in [0.25, 0.3) is 0 Å². The molecule has 8 nitrogen and oxygen atoms in total. The molecule has 2 aromatic carbocycles. The van der Waals surface area contributed by atoms with Crippen molar-refractivity contribution in [2.24, 2.45) is 0 Å². The largest absolute Gasteiger partial charge is 0.493 e. The summed E-state index contributed by atoms with van der Waals surface area (Å²) in [6.45, 7) is 1.48. The first kappa shape index (κ1) is 21.0. The van der Waals surface area contributed by atoms with Crippen molar-refractivity contribution in [1.29, 1.82) is 0 Å². The van der Waals surface area contributed by atoms with Crippen LogP contribution in [0, 0.1) is 6.92 Å². The van der Waals surface area contributed by atoms with Gasteiger partial charge in [0.15, 0.2) is 29.8 Å². The second-order valence-electron chi connectivity index (χ2n) is 5.59. The maximum atomic E-state index is 11.8. The van der Waals surface area contributed by atoms with E-state index < -0.39 is 11.8 Å². The number of benzene rings is 2. The Morgan fingerprint density at radius 3 is 2.21 bits per heavy atom. The highest BCUT2D eigenvalue weighted by Crippen LogP contribution is 2.25. The number of hydrazine groups is 1. The van der Waals surface area contributed by atoms with E-state index in [0.717, 1.165) is 5.56 Å². The monoisotopic (exact) mass is 403 g/mol. The van der Waals surface area contributed by atoms with E-state index in [0.29, 0.717) is 17.2 Å². The second-order valence-corrected chi connectivity index (χ2v) is 6.00. The van der Waals surface area contributed by atoms with Gasteiger partial charge in [0.1, 0.15) is 5.75 Å². The lowest BCUT2D eigenvalue weighted by Crippen LogP contribution is -2.50. The zero-order chi connectivity index (χ0) is 20.4. The van der Waals surface area contributed by atoms with Gasteiger partial charge in [-0.2, -0.15) is 0 Å². The van der Waals surface area contributed by atoms with Crippen LogP contribution in [0.3, 0.4) is 0 Å².